The van der Waals surface area contributed by atoms with Crippen molar-refractivity contribution in [1.82, 2.24) is 15.3 Å². The zero-order chi connectivity index (χ0) is 18.7. The molecule has 0 radical (unpaired) electrons. The van der Waals surface area contributed by atoms with Gasteiger partial charge in [0.05, 0.1) is 13.5 Å². The maximum atomic E-state index is 13.3. The predicted molar refractivity (Wildman–Crippen MR) is 84.1 cm³/mol. The molecule has 0 unspecified atom stereocenters. The molecule has 0 aliphatic carbocycles. The van der Waals surface area contributed by atoms with E-state index >= 15 is 0 Å². The molecule has 2 rings (SSSR count). The van der Waals surface area contributed by atoms with Gasteiger partial charge in [-0.1, -0.05) is 0 Å². The number of aliphatic hydroxyl groups is 1. The second-order valence-electron chi connectivity index (χ2n) is 5.31. The number of carbonyl (C=O) groups excluding carboxylic acids is 1. The number of aromatic nitrogens is 2. The van der Waals surface area contributed by atoms with Gasteiger partial charge >= 0.3 is 6.18 Å². The van der Waals surface area contributed by atoms with Crippen LogP contribution in [0.15, 0.2) is 23.7 Å². The van der Waals surface area contributed by atoms with E-state index in [2.05, 4.69) is 15.3 Å². The van der Waals surface area contributed by atoms with Gasteiger partial charge in [-0.2, -0.15) is 13.2 Å². The van der Waals surface area contributed by atoms with Gasteiger partial charge in [0.15, 0.2) is 0 Å². The number of rotatable bonds is 6. The number of nitrogens with zero attached hydrogens (tertiary/aromatic N) is 2. The molecule has 6 nitrogen and oxygen atoms in total. The molecule has 0 saturated heterocycles. The van der Waals surface area contributed by atoms with E-state index in [4.69, 9.17) is 4.74 Å². The number of nitrogens with one attached hydrogen (secondary N) is 1. The highest BCUT2D eigenvalue weighted by Gasteiger charge is 2.58. The molecule has 0 aliphatic heterocycles. The summed E-state index contributed by atoms with van der Waals surface area (Å²) in [6, 6.07) is 3.13. The van der Waals surface area contributed by atoms with Crippen molar-refractivity contribution in [1.29, 1.82) is 0 Å². The Hall–Kier alpha value is -2.20. The van der Waals surface area contributed by atoms with Crippen LogP contribution in [0, 0.1) is 6.92 Å². The molecule has 0 fully saturated rings. The summed E-state index contributed by atoms with van der Waals surface area (Å²) in [5, 5.41) is 13.3. The first-order chi connectivity index (χ1) is 11.7. The maximum Gasteiger partial charge on any atom is 0.424 e. The molecule has 2 N–H and O–H groups in total. The summed E-state index contributed by atoms with van der Waals surface area (Å²) in [5.41, 5.74) is -2.39. The van der Waals surface area contributed by atoms with Gasteiger partial charge in [-0.05, 0) is 18.6 Å². The second kappa shape index (κ2) is 7.36. The Balaban J connectivity index is 2.09. The number of hydrogen-bond donors (Lipinski definition) is 2. The van der Waals surface area contributed by atoms with Crippen molar-refractivity contribution in [3.8, 4) is 5.88 Å². The number of pyridine rings is 1. The van der Waals surface area contributed by atoms with Gasteiger partial charge in [-0.3, -0.25) is 4.79 Å². The van der Waals surface area contributed by atoms with Crippen molar-refractivity contribution in [3.05, 3.63) is 40.0 Å². The van der Waals surface area contributed by atoms with E-state index in [1.165, 1.54) is 25.6 Å². The lowest BCUT2D eigenvalue weighted by atomic mass is 9.99. The molecule has 136 valence electrons. The Morgan fingerprint density at radius 1 is 1.44 bits per heavy atom. The van der Waals surface area contributed by atoms with Crippen LogP contribution >= 0.6 is 11.3 Å². The fourth-order valence-electron chi connectivity index (χ4n) is 2.01. The quantitative estimate of drug-likeness (QED) is 0.810. The smallest absolute Gasteiger partial charge is 0.424 e. The van der Waals surface area contributed by atoms with Gasteiger partial charge in [-0.15, -0.1) is 11.3 Å². The number of halogens is 3. The fourth-order valence-corrected chi connectivity index (χ4v) is 2.92. The first-order valence-corrected chi connectivity index (χ1v) is 8.01. The zero-order valence-corrected chi connectivity index (χ0v) is 14.2. The Morgan fingerprint density at radius 3 is 2.72 bits per heavy atom. The molecular formula is C15H16F3N3O3S. The van der Waals surface area contributed by atoms with Gasteiger partial charge < -0.3 is 15.2 Å². The average molecular weight is 375 g/mol. The molecule has 2 aromatic heterocycles. The van der Waals surface area contributed by atoms with Crippen molar-refractivity contribution in [2.45, 2.75) is 31.7 Å². The molecule has 1 atom stereocenters. The standard InChI is InChI=1S/C15H16F3N3O3S/c1-9-8-25-13(21-9)14(23,15(16,17)18)6-11(22)20-7-10-3-4-19-12(5-10)24-2/h3-5,8,23H,6-7H2,1-2H3,(H,20,22)/t14-/m0/s1. The summed E-state index contributed by atoms with van der Waals surface area (Å²) in [6.07, 6.45) is -4.76. The lowest BCUT2D eigenvalue weighted by Gasteiger charge is -2.27. The molecule has 0 spiro atoms. The summed E-state index contributed by atoms with van der Waals surface area (Å²) in [6.45, 7) is 1.48. The molecule has 2 aromatic rings. The zero-order valence-electron chi connectivity index (χ0n) is 13.4. The van der Waals surface area contributed by atoms with E-state index in [9.17, 15) is 23.1 Å². The van der Waals surface area contributed by atoms with E-state index in [-0.39, 0.29) is 6.54 Å². The van der Waals surface area contributed by atoms with Crippen molar-refractivity contribution >= 4 is 17.2 Å². The fraction of sp³-hybridized carbons (Fsp3) is 0.400. The number of alkyl halides is 3. The highest BCUT2D eigenvalue weighted by Crippen LogP contribution is 2.42. The highest BCUT2D eigenvalue weighted by atomic mass is 32.1. The van der Waals surface area contributed by atoms with E-state index in [0.717, 1.165) is 0 Å². The van der Waals surface area contributed by atoms with Gasteiger partial charge in [0.1, 0.15) is 5.01 Å². The molecule has 10 heteroatoms. The van der Waals surface area contributed by atoms with Crippen molar-refractivity contribution in [2.24, 2.45) is 0 Å². The monoisotopic (exact) mass is 375 g/mol. The predicted octanol–water partition coefficient (Wildman–Crippen LogP) is 2.31. The average Bonchev–Trinajstić information content (AvgIpc) is 2.99. The minimum atomic E-state index is -5.03. The lowest BCUT2D eigenvalue weighted by Crippen LogP contribution is -2.46. The first-order valence-electron chi connectivity index (χ1n) is 7.13. The number of carbonyl (C=O) groups is 1. The van der Waals surface area contributed by atoms with Crippen LogP contribution in [0.2, 0.25) is 0 Å². The van der Waals surface area contributed by atoms with Crippen LogP contribution in [-0.2, 0) is 16.9 Å². The molecule has 2 heterocycles. The third kappa shape index (κ3) is 4.45. The number of thiazole rings is 1. The van der Waals surface area contributed by atoms with E-state index in [1.807, 2.05) is 0 Å². The van der Waals surface area contributed by atoms with Crippen LogP contribution in [-0.4, -0.2) is 34.3 Å². The third-order valence-corrected chi connectivity index (χ3v) is 4.47. The van der Waals surface area contributed by atoms with Gasteiger partial charge in [0.2, 0.25) is 17.4 Å². The van der Waals surface area contributed by atoms with Crippen LogP contribution < -0.4 is 10.1 Å². The van der Waals surface area contributed by atoms with Crippen LogP contribution in [0.1, 0.15) is 22.7 Å². The van der Waals surface area contributed by atoms with Crippen molar-refractivity contribution in [2.75, 3.05) is 7.11 Å². The molecular weight excluding hydrogens is 359 g/mol. The van der Waals surface area contributed by atoms with E-state index in [0.29, 0.717) is 28.5 Å². The van der Waals surface area contributed by atoms with Crippen LogP contribution in [0.25, 0.3) is 0 Å². The molecule has 25 heavy (non-hydrogen) atoms. The number of ether oxygens (including phenoxy) is 1. The van der Waals surface area contributed by atoms with Crippen molar-refractivity contribution in [3.63, 3.8) is 0 Å². The highest BCUT2D eigenvalue weighted by molar-refractivity contribution is 7.09. The molecule has 0 aromatic carbocycles. The second-order valence-corrected chi connectivity index (χ2v) is 6.17. The third-order valence-electron chi connectivity index (χ3n) is 3.36. The number of amides is 1. The summed E-state index contributed by atoms with van der Waals surface area (Å²) < 4.78 is 44.9. The molecule has 1 amide bonds. The van der Waals surface area contributed by atoms with E-state index < -0.39 is 29.1 Å². The topological polar surface area (TPSA) is 84.3 Å². The summed E-state index contributed by atoms with van der Waals surface area (Å²) in [5.74, 6) is -0.639. The Bertz CT molecular complexity index is 751. The minimum absolute atomic E-state index is 0.0253. The van der Waals surface area contributed by atoms with Gasteiger partial charge in [0.25, 0.3) is 0 Å². The largest absolute Gasteiger partial charge is 0.481 e. The summed E-state index contributed by atoms with van der Waals surface area (Å²) >= 11 is 0.659. The van der Waals surface area contributed by atoms with Gasteiger partial charge in [-0.25, -0.2) is 9.97 Å². The summed E-state index contributed by atoms with van der Waals surface area (Å²) in [7, 11) is 1.42. The number of hydrogen-bond acceptors (Lipinski definition) is 6. The van der Waals surface area contributed by atoms with Gasteiger partial charge in [0, 0.05) is 29.9 Å². The Labute approximate surface area is 145 Å². The lowest BCUT2D eigenvalue weighted by molar-refractivity contribution is -0.267. The number of aryl methyl sites for hydroxylation is 1. The molecule has 0 aliphatic rings. The van der Waals surface area contributed by atoms with Crippen molar-refractivity contribution < 1.29 is 27.8 Å². The van der Waals surface area contributed by atoms with Crippen LogP contribution in [0.4, 0.5) is 13.2 Å². The SMILES string of the molecule is COc1cc(CNC(=O)C[C@](O)(c2nc(C)cs2)C(F)(F)F)ccn1. The van der Waals surface area contributed by atoms with Crippen LogP contribution in [0.3, 0.4) is 0 Å². The van der Waals surface area contributed by atoms with E-state index in [1.54, 1.807) is 12.1 Å². The maximum absolute atomic E-state index is 13.3. The minimum Gasteiger partial charge on any atom is -0.481 e. The molecule has 0 saturated carbocycles. The Morgan fingerprint density at radius 2 is 2.16 bits per heavy atom. The molecule has 0 bridgehead atoms. The summed E-state index contributed by atoms with van der Waals surface area (Å²) in [4.78, 5) is 19.5. The normalized spacial score (nSPS) is 14.0. The van der Waals surface area contributed by atoms with Crippen LogP contribution in [0.5, 0.6) is 5.88 Å². The first kappa shape index (κ1) is 19.1. The number of methoxy groups -OCH3 is 1. The Kier molecular flexibility index (Phi) is 5.63.